The molecule has 4 rings (SSSR count). The molecule has 1 fully saturated rings. The third-order valence-electron chi connectivity index (χ3n) is 6.27. The average molecular weight is 514 g/mol. The lowest BCUT2D eigenvalue weighted by Crippen LogP contribution is -2.31. The zero-order valence-corrected chi connectivity index (χ0v) is 21.6. The molecule has 3 aromatic carbocycles. The lowest BCUT2D eigenvalue weighted by atomic mass is 9.95. The van der Waals surface area contributed by atoms with Crippen molar-refractivity contribution in [3.8, 4) is 17.2 Å². The molecule has 0 aromatic heterocycles. The number of benzene rings is 3. The van der Waals surface area contributed by atoms with Crippen LogP contribution in [0.1, 0.15) is 29.2 Å². The topological polar surface area (TPSA) is 85.3 Å². The van der Waals surface area contributed by atoms with Crippen molar-refractivity contribution in [3.05, 3.63) is 108 Å². The van der Waals surface area contributed by atoms with Crippen molar-refractivity contribution in [2.75, 3.05) is 26.9 Å². The lowest BCUT2D eigenvalue weighted by Gasteiger charge is -2.25. The summed E-state index contributed by atoms with van der Waals surface area (Å²) in [5.74, 6) is 0.371. The molecular weight excluding hydrogens is 482 g/mol. The number of rotatable bonds is 11. The van der Waals surface area contributed by atoms with Gasteiger partial charge in [-0.1, -0.05) is 36.9 Å². The number of hydrogen-bond donors (Lipinski definition) is 1. The fourth-order valence-electron chi connectivity index (χ4n) is 4.39. The van der Waals surface area contributed by atoms with Crippen LogP contribution in [0, 0.1) is 6.92 Å². The first-order valence-electron chi connectivity index (χ1n) is 12.4. The van der Waals surface area contributed by atoms with E-state index in [1.165, 1.54) is 4.90 Å². The Morgan fingerprint density at radius 1 is 0.974 bits per heavy atom. The van der Waals surface area contributed by atoms with Gasteiger partial charge in [-0.05, 0) is 73.0 Å². The summed E-state index contributed by atoms with van der Waals surface area (Å²) in [7, 11) is 1.57. The summed E-state index contributed by atoms with van der Waals surface area (Å²) in [4.78, 5) is 27.9. The third kappa shape index (κ3) is 5.89. The number of likely N-dealkylation sites (tertiary alicyclic amines) is 1. The van der Waals surface area contributed by atoms with Gasteiger partial charge in [0.15, 0.2) is 0 Å². The van der Waals surface area contributed by atoms with Crippen molar-refractivity contribution in [2.45, 2.75) is 19.4 Å². The second-order valence-corrected chi connectivity index (χ2v) is 8.91. The molecule has 1 aliphatic rings. The van der Waals surface area contributed by atoms with Crippen molar-refractivity contribution in [2.24, 2.45) is 0 Å². The van der Waals surface area contributed by atoms with Crippen LogP contribution in [0.2, 0.25) is 0 Å². The van der Waals surface area contributed by atoms with Crippen molar-refractivity contribution < 1.29 is 28.9 Å². The summed E-state index contributed by atoms with van der Waals surface area (Å²) in [6.07, 6.45) is 2.14. The predicted octanol–water partition coefficient (Wildman–Crippen LogP) is 5.46. The van der Waals surface area contributed by atoms with Gasteiger partial charge in [-0.15, -0.1) is 0 Å². The van der Waals surface area contributed by atoms with Gasteiger partial charge in [-0.3, -0.25) is 9.59 Å². The van der Waals surface area contributed by atoms with Crippen molar-refractivity contribution in [1.82, 2.24) is 4.90 Å². The number of ketones is 1. The smallest absolute Gasteiger partial charge is 0.295 e. The van der Waals surface area contributed by atoms with E-state index in [1.807, 2.05) is 31.2 Å². The summed E-state index contributed by atoms with van der Waals surface area (Å²) in [6, 6.07) is 20.8. The Morgan fingerprint density at radius 3 is 2.34 bits per heavy atom. The number of aryl methyl sites for hydroxylation is 1. The SMILES string of the molecule is C=CCOc1ccc(/C(O)=C2/C(=O)C(=O)N(CCCOc3cccc(C)c3)C2c2ccc(OC)cc2)cc1. The van der Waals surface area contributed by atoms with E-state index in [9.17, 15) is 14.7 Å². The molecular formula is C31H31NO6. The molecule has 0 saturated carbocycles. The van der Waals surface area contributed by atoms with Crippen LogP contribution in [0.5, 0.6) is 17.2 Å². The Bertz CT molecular complexity index is 1330. The van der Waals surface area contributed by atoms with Crippen LogP contribution in [-0.2, 0) is 9.59 Å². The van der Waals surface area contributed by atoms with E-state index in [1.54, 1.807) is 61.7 Å². The van der Waals surface area contributed by atoms with Gasteiger partial charge in [0.2, 0.25) is 0 Å². The number of carbonyl (C=O) groups excluding carboxylic acids is 2. The minimum atomic E-state index is -0.753. The molecule has 38 heavy (non-hydrogen) atoms. The van der Waals surface area contributed by atoms with E-state index in [4.69, 9.17) is 14.2 Å². The van der Waals surface area contributed by atoms with Crippen LogP contribution >= 0.6 is 0 Å². The first-order chi connectivity index (χ1) is 18.4. The van der Waals surface area contributed by atoms with E-state index in [2.05, 4.69) is 6.58 Å². The van der Waals surface area contributed by atoms with Gasteiger partial charge in [0.05, 0.1) is 25.3 Å². The number of aliphatic hydroxyl groups is 1. The molecule has 1 aliphatic heterocycles. The monoisotopic (exact) mass is 513 g/mol. The molecule has 7 nitrogen and oxygen atoms in total. The largest absolute Gasteiger partial charge is 0.507 e. The second kappa shape index (κ2) is 12.1. The minimum absolute atomic E-state index is 0.0412. The number of Topliss-reactive ketones (excluding diaryl/α,β-unsaturated/α-hetero) is 1. The number of nitrogens with zero attached hydrogens (tertiary/aromatic N) is 1. The predicted molar refractivity (Wildman–Crippen MR) is 145 cm³/mol. The fourth-order valence-corrected chi connectivity index (χ4v) is 4.39. The number of ether oxygens (including phenoxy) is 3. The fraction of sp³-hybridized carbons (Fsp3) is 0.226. The van der Waals surface area contributed by atoms with Crippen molar-refractivity contribution in [3.63, 3.8) is 0 Å². The lowest BCUT2D eigenvalue weighted by molar-refractivity contribution is -0.140. The van der Waals surface area contributed by atoms with Gasteiger partial charge in [0.1, 0.15) is 29.6 Å². The molecule has 1 heterocycles. The standard InChI is InChI=1S/C31H31NO6/c1-4-18-37-25-15-11-23(12-16-25)29(33)27-28(22-9-13-24(36-3)14-10-22)32(31(35)30(27)34)17-6-19-38-26-8-5-7-21(2)20-26/h4-5,7-16,20,28,33H,1,6,17-19H2,2-3H3/b29-27-. The maximum Gasteiger partial charge on any atom is 0.295 e. The maximum atomic E-state index is 13.2. The first-order valence-corrected chi connectivity index (χ1v) is 12.4. The first kappa shape index (κ1) is 26.5. The van der Waals surface area contributed by atoms with Gasteiger partial charge >= 0.3 is 0 Å². The molecule has 1 saturated heterocycles. The molecule has 0 radical (unpaired) electrons. The normalized spacial score (nSPS) is 16.4. The quantitative estimate of drug-likeness (QED) is 0.121. The van der Waals surface area contributed by atoms with Gasteiger partial charge in [0, 0.05) is 12.1 Å². The number of carbonyl (C=O) groups is 2. The Balaban J connectivity index is 1.62. The van der Waals surface area contributed by atoms with Crippen LogP contribution in [0.4, 0.5) is 0 Å². The summed E-state index contributed by atoms with van der Waals surface area (Å²) < 4.78 is 16.6. The van der Waals surface area contributed by atoms with Gasteiger partial charge < -0.3 is 24.2 Å². The third-order valence-corrected chi connectivity index (χ3v) is 6.27. The second-order valence-electron chi connectivity index (χ2n) is 8.91. The number of hydrogen-bond acceptors (Lipinski definition) is 6. The van der Waals surface area contributed by atoms with E-state index >= 15 is 0 Å². The van der Waals surface area contributed by atoms with Crippen LogP contribution in [-0.4, -0.2) is 48.6 Å². The zero-order valence-electron chi connectivity index (χ0n) is 21.6. The number of aliphatic hydroxyl groups excluding tert-OH is 1. The highest BCUT2D eigenvalue weighted by Crippen LogP contribution is 2.40. The molecule has 196 valence electrons. The molecule has 1 amide bonds. The highest BCUT2D eigenvalue weighted by Gasteiger charge is 2.45. The maximum absolute atomic E-state index is 13.2. The minimum Gasteiger partial charge on any atom is -0.507 e. The van der Waals surface area contributed by atoms with Crippen molar-refractivity contribution >= 4 is 17.4 Å². The summed E-state index contributed by atoms with van der Waals surface area (Å²) >= 11 is 0. The molecule has 1 atom stereocenters. The number of amides is 1. The molecule has 3 aromatic rings. The van der Waals surface area contributed by atoms with Crippen LogP contribution in [0.3, 0.4) is 0 Å². The zero-order chi connectivity index (χ0) is 27.1. The van der Waals surface area contributed by atoms with E-state index in [0.29, 0.717) is 42.3 Å². The summed E-state index contributed by atoms with van der Waals surface area (Å²) in [5.41, 5.74) is 2.24. The molecule has 1 N–H and O–H groups in total. The summed E-state index contributed by atoms with van der Waals surface area (Å²) in [5, 5.41) is 11.2. The Labute approximate surface area is 222 Å². The average Bonchev–Trinajstić information content (AvgIpc) is 3.19. The molecule has 0 bridgehead atoms. The van der Waals surface area contributed by atoms with Crippen LogP contribution in [0.25, 0.3) is 5.76 Å². The van der Waals surface area contributed by atoms with Gasteiger partial charge in [-0.2, -0.15) is 0 Å². The van der Waals surface area contributed by atoms with Gasteiger partial charge in [0.25, 0.3) is 11.7 Å². The van der Waals surface area contributed by atoms with Crippen LogP contribution < -0.4 is 14.2 Å². The highest BCUT2D eigenvalue weighted by atomic mass is 16.5. The van der Waals surface area contributed by atoms with Crippen LogP contribution in [0.15, 0.2) is 91.0 Å². The van der Waals surface area contributed by atoms with Crippen molar-refractivity contribution in [1.29, 1.82) is 0 Å². The number of methoxy groups -OCH3 is 1. The Kier molecular flexibility index (Phi) is 8.48. The Hall–Kier alpha value is -4.52. The summed E-state index contributed by atoms with van der Waals surface area (Å²) in [6.45, 7) is 6.61. The molecule has 7 heteroatoms. The highest BCUT2D eigenvalue weighted by molar-refractivity contribution is 6.46. The van der Waals surface area contributed by atoms with E-state index in [-0.39, 0.29) is 17.9 Å². The molecule has 1 unspecified atom stereocenters. The molecule has 0 aliphatic carbocycles. The molecule has 0 spiro atoms. The van der Waals surface area contributed by atoms with Gasteiger partial charge in [-0.25, -0.2) is 0 Å². The van der Waals surface area contributed by atoms with E-state index in [0.717, 1.165) is 11.3 Å². The Morgan fingerprint density at radius 2 is 1.68 bits per heavy atom. The van der Waals surface area contributed by atoms with E-state index < -0.39 is 17.7 Å².